The third-order valence-corrected chi connectivity index (χ3v) is 3.41. The molecule has 0 spiro atoms. The van der Waals surface area contributed by atoms with Crippen LogP contribution in [0.3, 0.4) is 0 Å². The predicted molar refractivity (Wildman–Crippen MR) is 60.6 cm³/mol. The van der Waals surface area contributed by atoms with Crippen LogP contribution in [-0.4, -0.2) is 25.2 Å². The molecule has 0 saturated carbocycles. The molecule has 0 atom stereocenters. The SMILES string of the molecule is CCC(C#N)(CC)C(=O)NC1CCOCC1. The fraction of sp³-hybridized carbons (Fsp3) is 0.833. The molecule has 90 valence electrons. The monoisotopic (exact) mass is 224 g/mol. The van der Waals surface area contributed by atoms with Crippen molar-refractivity contribution >= 4 is 5.91 Å². The lowest BCUT2D eigenvalue weighted by molar-refractivity contribution is -0.129. The number of nitrogens with zero attached hydrogens (tertiary/aromatic N) is 1. The molecule has 4 nitrogen and oxygen atoms in total. The second kappa shape index (κ2) is 5.86. The van der Waals surface area contributed by atoms with Gasteiger partial charge in [-0.2, -0.15) is 5.26 Å². The number of nitriles is 1. The first-order valence-electron chi connectivity index (χ1n) is 5.98. The summed E-state index contributed by atoms with van der Waals surface area (Å²) >= 11 is 0. The largest absolute Gasteiger partial charge is 0.381 e. The van der Waals surface area contributed by atoms with E-state index in [0.29, 0.717) is 26.1 Å². The Labute approximate surface area is 97.0 Å². The Morgan fingerprint density at radius 2 is 2.00 bits per heavy atom. The topological polar surface area (TPSA) is 62.1 Å². The summed E-state index contributed by atoms with van der Waals surface area (Å²) in [6, 6.07) is 2.33. The van der Waals surface area contributed by atoms with Gasteiger partial charge in [0.1, 0.15) is 5.41 Å². The van der Waals surface area contributed by atoms with E-state index in [4.69, 9.17) is 10.00 Å². The summed E-state index contributed by atoms with van der Waals surface area (Å²) < 4.78 is 5.23. The molecule has 0 aromatic rings. The first-order chi connectivity index (χ1) is 7.68. The second-order valence-electron chi connectivity index (χ2n) is 4.26. The Bertz CT molecular complexity index is 273. The quantitative estimate of drug-likeness (QED) is 0.789. The van der Waals surface area contributed by atoms with Crippen LogP contribution in [0.25, 0.3) is 0 Å². The van der Waals surface area contributed by atoms with Crippen molar-refractivity contribution in [2.75, 3.05) is 13.2 Å². The lowest BCUT2D eigenvalue weighted by atomic mass is 9.82. The Kier molecular flexibility index (Phi) is 4.75. The van der Waals surface area contributed by atoms with Crippen molar-refractivity contribution < 1.29 is 9.53 Å². The molecule has 1 rings (SSSR count). The maximum absolute atomic E-state index is 12.1. The number of carbonyl (C=O) groups is 1. The van der Waals surface area contributed by atoms with Crippen molar-refractivity contribution in [2.24, 2.45) is 5.41 Å². The van der Waals surface area contributed by atoms with Crippen LogP contribution in [0, 0.1) is 16.7 Å². The van der Waals surface area contributed by atoms with Crippen molar-refractivity contribution in [1.29, 1.82) is 5.26 Å². The summed E-state index contributed by atoms with van der Waals surface area (Å²) in [7, 11) is 0. The Hall–Kier alpha value is -1.08. The lowest BCUT2D eigenvalue weighted by Crippen LogP contribution is -2.46. The van der Waals surface area contributed by atoms with E-state index in [1.807, 2.05) is 13.8 Å². The van der Waals surface area contributed by atoms with E-state index in [1.54, 1.807) is 0 Å². The van der Waals surface area contributed by atoms with Gasteiger partial charge >= 0.3 is 0 Å². The molecule has 1 aliphatic rings. The van der Waals surface area contributed by atoms with E-state index in [2.05, 4.69) is 11.4 Å². The average molecular weight is 224 g/mol. The molecule has 0 aromatic carbocycles. The summed E-state index contributed by atoms with van der Waals surface area (Å²) in [4.78, 5) is 12.1. The molecule has 1 aliphatic heterocycles. The zero-order valence-electron chi connectivity index (χ0n) is 10.1. The second-order valence-corrected chi connectivity index (χ2v) is 4.26. The van der Waals surface area contributed by atoms with Crippen LogP contribution >= 0.6 is 0 Å². The van der Waals surface area contributed by atoms with Gasteiger partial charge in [0.15, 0.2) is 0 Å². The molecule has 1 saturated heterocycles. The van der Waals surface area contributed by atoms with Crippen molar-refractivity contribution in [3.05, 3.63) is 0 Å². The van der Waals surface area contributed by atoms with Crippen LogP contribution in [0.4, 0.5) is 0 Å². The molecule has 16 heavy (non-hydrogen) atoms. The minimum atomic E-state index is -0.849. The molecular weight excluding hydrogens is 204 g/mol. The van der Waals surface area contributed by atoms with Crippen LogP contribution in [-0.2, 0) is 9.53 Å². The van der Waals surface area contributed by atoms with Crippen LogP contribution in [0.15, 0.2) is 0 Å². The molecular formula is C12H20N2O2. The van der Waals surface area contributed by atoms with Gasteiger partial charge in [0, 0.05) is 19.3 Å². The number of nitrogens with one attached hydrogen (secondary N) is 1. The first kappa shape index (κ1) is 13.0. The zero-order valence-corrected chi connectivity index (χ0v) is 10.1. The van der Waals surface area contributed by atoms with Gasteiger partial charge < -0.3 is 10.1 Å². The summed E-state index contributed by atoms with van der Waals surface area (Å²) in [5.41, 5.74) is -0.849. The van der Waals surface area contributed by atoms with Gasteiger partial charge in [0.25, 0.3) is 0 Å². The van der Waals surface area contributed by atoms with Gasteiger partial charge in [0.2, 0.25) is 5.91 Å². The molecule has 0 unspecified atom stereocenters. The summed E-state index contributed by atoms with van der Waals surface area (Å²) in [6.07, 6.45) is 2.82. The van der Waals surface area contributed by atoms with E-state index in [-0.39, 0.29) is 11.9 Å². The Balaban J connectivity index is 2.58. The standard InChI is InChI=1S/C12H20N2O2/c1-3-12(4-2,9-13)11(15)14-10-5-7-16-8-6-10/h10H,3-8H2,1-2H3,(H,14,15). The highest BCUT2D eigenvalue weighted by molar-refractivity contribution is 5.85. The Morgan fingerprint density at radius 3 is 2.44 bits per heavy atom. The van der Waals surface area contributed by atoms with Crippen molar-refractivity contribution in [3.8, 4) is 6.07 Å². The van der Waals surface area contributed by atoms with E-state index < -0.39 is 5.41 Å². The molecule has 1 amide bonds. The number of hydrogen-bond donors (Lipinski definition) is 1. The Morgan fingerprint density at radius 1 is 1.44 bits per heavy atom. The van der Waals surface area contributed by atoms with Gasteiger partial charge in [-0.1, -0.05) is 13.8 Å². The van der Waals surface area contributed by atoms with E-state index in [1.165, 1.54) is 0 Å². The van der Waals surface area contributed by atoms with Gasteiger partial charge in [-0.3, -0.25) is 4.79 Å². The number of amides is 1. The highest BCUT2D eigenvalue weighted by Crippen LogP contribution is 2.26. The highest BCUT2D eigenvalue weighted by atomic mass is 16.5. The van der Waals surface area contributed by atoms with Crippen LogP contribution < -0.4 is 5.32 Å². The molecule has 1 fully saturated rings. The van der Waals surface area contributed by atoms with Gasteiger partial charge in [0.05, 0.1) is 6.07 Å². The van der Waals surface area contributed by atoms with Gasteiger partial charge in [-0.05, 0) is 25.7 Å². The van der Waals surface area contributed by atoms with Crippen molar-refractivity contribution in [2.45, 2.75) is 45.6 Å². The molecule has 0 radical (unpaired) electrons. The number of carbonyl (C=O) groups excluding carboxylic acids is 1. The molecule has 0 bridgehead atoms. The zero-order chi connectivity index (χ0) is 12.0. The third kappa shape index (κ3) is 2.73. The average Bonchev–Trinajstić information content (AvgIpc) is 2.33. The van der Waals surface area contributed by atoms with E-state index >= 15 is 0 Å². The smallest absolute Gasteiger partial charge is 0.240 e. The van der Waals surface area contributed by atoms with Crippen LogP contribution in [0.5, 0.6) is 0 Å². The molecule has 1 heterocycles. The fourth-order valence-electron chi connectivity index (χ4n) is 1.95. The number of rotatable bonds is 4. The van der Waals surface area contributed by atoms with Crippen LogP contribution in [0.1, 0.15) is 39.5 Å². The van der Waals surface area contributed by atoms with Gasteiger partial charge in [-0.15, -0.1) is 0 Å². The number of ether oxygens (including phenoxy) is 1. The van der Waals surface area contributed by atoms with E-state index in [9.17, 15) is 4.79 Å². The molecule has 0 aromatic heterocycles. The number of hydrogen-bond acceptors (Lipinski definition) is 3. The molecule has 0 aliphatic carbocycles. The molecule has 1 N–H and O–H groups in total. The highest BCUT2D eigenvalue weighted by Gasteiger charge is 2.36. The third-order valence-electron chi connectivity index (χ3n) is 3.41. The van der Waals surface area contributed by atoms with Crippen molar-refractivity contribution in [3.63, 3.8) is 0 Å². The summed E-state index contributed by atoms with van der Waals surface area (Å²) in [6.45, 7) is 5.16. The lowest BCUT2D eigenvalue weighted by Gasteiger charge is -2.28. The minimum absolute atomic E-state index is 0.119. The summed E-state index contributed by atoms with van der Waals surface area (Å²) in [5, 5.41) is 12.1. The first-order valence-corrected chi connectivity index (χ1v) is 5.98. The normalized spacial score (nSPS) is 17.8. The maximum Gasteiger partial charge on any atom is 0.240 e. The predicted octanol–water partition coefficient (Wildman–Crippen LogP) is 1.61. The molecule has 4 heteroatoms. The van der Waals surface area contributed by atoms with Crippen molar-refractivity contribution in [1.82, 2.24) is 5.32 Å². The fourth-order valence-corrected chi connectivity index (χ4v) is 1.95. The van der Waals surface area contributed by atoms with E-state index in [0.717, 1.165) is 12.8 Å². The summed E-state index contributed by atoms with van der Waals surface area (Å²) in [5.74, 6) is -0.119. The maximum atomic E-state index is 12.1. The van der Waals surface area contributed by atoms with Gasteiger partial charge in [-0.25, -0.2) is 0 Å². The van der Waals surface area contributed by atoms with Crippen LogP contribution in [0.2, 0.25) is 0 Å². The minimum Gasteiger partial charge on any atom is -0.381 e.